The summed E-state index contributed by atoms with van der Waals surface area (Å²) in [5, 5.41) is 4.14. The number of carbonyl (C=O) groups excluding carboxylic acids is 1. The van der Waals surface area contributed by atoms with E-state index in [0.717, 1.165) is 71.3 Å². The molecular formula is C22H24N4O2S. The monoisotopic (exact) mass is 408 g/mol. The van der Waals surface area contributed by atoms with Crippen LogP contribution in [0, 0.1) is 5.92 Å². The molecule has 7 heteroatoms. The standard InChI is InChI=1S/C22H24N4O2S/c1-28-17-6-2-14(3-7-17)18-8-9-19-21(24-18)29-22(25-19)26-12-10-15(11-13-26)20(27)23-16-4-5-16/h2-3,6-9,15-16H,4-5,10-13H2,1H3,(H,23,27). The summed E-state index contributed by atoms with van der Waals surface area (Å²) in [6, 6.07) is 12.4. The van der Waals surface area contributed by atoms with E-state index in [0.29, 0.717) is 6.04 Å². The summed E-state index contributed by atoms with van der Waals surface area (Å²) in [5.41, 5.74) is 2.92. The van der Waals surface area contributed by atoms with E-state index >= 15 is 0 Å². The van der Waals surface area contributed by atoms with Gasteiger partial charge in [-0.1, -0.05) is 11.3 Å². The molecule has 0 spiro atoms. The number of fused-ring (bicyclic) bond motifs is 1. The number of methoxy groups -OCH3 is 1. The lowest BCUT2D eigenvalue weighted by Crippen LogP contribution is -2.41. The Hall–Kier alpha value is -2.67. The molecule has 150 valence electrons. The molecule has 1 saturated heterocycles. The number of rotatable bonds is 5. The summed E-state index contributed by atoms with van der Waals surface area (Å²) in [7, 11) is 1.67. The van der Waals surface area contributed by atoms with Crippen LogP contribution in [0.3, 0.4) is 0 Å². The van der Waals surface area contributed by atoms with Gasteiger partial charge in [-0.15, -0.1) is 0 Å². The predicted octanol–water partition coefficient (Wildman–Crippen LogP) is 3.86. The number of anilines is 1. The highest BCUT2D eigenvalue weighted by Crippen LogP contribution is 2.32. The van der Waals surface area contributed by atoms with Crippen LogP contribution in [0.4, 0.5) is 5.13 Å². The number of nitrogens with one attached hydrogen (secondary N) is 1. The van der Waals surface area contributed by atoms with Crippen molar-refractivity contribution < 1.29 is 9.53 Å². The first-order chi connectivity index (χ1) is 14.2. The van der Waals surface area contributed by atoms with E-state index in [9.17, 15) is 4.79 Å². The van der Waals surface area contributed by atoms with Crippen LogP contribution in [0.25, 0.3) is 21.6 Å². The van der Waals surface area contributed by atoms with Gasteiger partial charge in [-0.25, -0.2) is 9.97 Å². The molecule has 1 N–H and O–H groups in total. The number of aromatic nitrogens is 2. The maximum Gasteiger partial charge on any atom is 0.223 e. The van der Waals surface area contributed by atoms with E-state index in [1.165, 1.54) is 0 Å². The number of piperidine rings is 1. The van der Waals surface area contributed by atoms with Gasteiger partial charge in [0.2, 0.25) is 5.91 Å². The first-order valence-corrected chi connectivity index (χ1v) is 11.0. The van der Waals surface area contributed by atoms with E-state index in [2.05, 4.69) is 10.2 Å². The number of amides is 1. The van der Waals surface area contributed by atoms with E-state index in [-0.39, 0.29) is 11.8 Å². The number of carbonyl (C=O) groups is 1. The molecule has 2 aliphatic rings. The number of nitrogens with zero attached hydrogens (tertiary/aromatic N) is 3. The fourth-order valence-corrected chi connectivity index (χ4v) is 4.73. The summed E-state index contributed by atoms with van der Waals surface area (Å²) >= 11 is 1.63. The smallest absolute Gasteiger partial charge is 0.223 e. The Balaban J connectivity index is 1.29. The van der Waals surface area contributed by atoms with Crippen molar-refractivity contribution in [3.63, 3.8) is 0 Å². The molecule has 1 amide bonds. The first-order valence-electron chi connectivity index (χ1n) is 10.2. The number of hydrogen-bond acceptors (Lipinski definition) is 6. The summed E-state index contributed by atoms with van der Waals surface area (Å²) in [4.78, 5) is 25.1. The van der Waals surface area contributed by atoms with Gasteiger partial charge in [-0.3, -0.25) is 4.79 Å². The molecule has 1 aliphatic heterocycles. The molecule has 0 unspecified atom stereocenters. The van der Waals surface area contributed by atoms with Crippen molar-refractivity contribution in [3.05, 3.63) is 36.4 Å². The molecule has 3 heterocycles. The predicted molar refractivity (Wildman–Crippen MR) is 116 cm³/mol. The third kappa shape index (κ3) is 3.92. The minimum atomic E-state index is 0.140. The Morgan fingerprint density at radius 3 is 2.52 bits per heavy atom. The van der Waals surface area contributed by atoms with Crippen molar-refractivity contribution in [2.45, 2.75) is 31.7 Å². The largest absolute Gasteiger partial charge is 0.497 e. The molecule has 0 bridgehead atoms. The zero-order valence-electron chi connectivity index (χ0n) is 16.4. The topological polar surface area (TPSA) is 67.3 Å². The second kappa shape index (κ2) is 7.63. The molecule has 6 nitrogen and oxygen atoms in total. The quantitative estimate of drug-likeness (QED) is 0.694. The highest BCUT2D eigenvalue weighted by molar-refractivity contribution is 7.21. The molecule has 5 rings (SSSR count). The van der Waals surface area contributed by atoms with Crippen molar-refractivity contribution in [2.75, 3.05) is 25.1 Å². The van der Waals surface area contributed by atoms with E-state index < -0.39 is 0 Å². The highest BCUT2D eigenvalue weighted by Gasteiger charge is 2.30. The number of thiazole rings is 1. The fraction of sp³-hybridized carbons (Fsp3) is 0.409. The zero-order chi connectivity index (χ0) is 19.8. The third-order valence-electron chi connectivity index (χ3n) is 5.69. The number of ether oxygens (including phenoxy) is 1. The average molecular weight is 409 g/mol. The lowest BCUT2D eigenvalue weighted by atomic mass is 9.96. The summed E-state index contributed by atoms with van der Waals surface area (Å²) in [6.07, 6.45) is 4.06. The van der Waals surface area contributed by atoms with Crippen LogP contribution in [0.5, 0.6) is 5.75 Å². The maximum absolute atomic E-state index is 12.3. The maximum atomic E-state index is 12.3. The average Bonchev–Trinajstić information content (AvgIpc) is 3.48. The molecule has 29 heavy (non-hydrogen) atoms. The summed E-state index contributed by atoms with van der Waals surface area (Å²) < 4.78 is 5.23. The number of hydrogen-bond donors (Lipinski definition) is 1. The molecule has 1 saturated carbocycles. The van der Waals surface area contributed by atoms with E-state index in [4.69, 9.17) is 14.7 Å². The molecular weight excluding hydrogens is 384 g/mol. The molecule has 0 radical (unpaired) electrons. The zero-order valence-corrected chi connectivity index (χ0v) is 17.2. The van der Waals surface area contributed by atoms with Crippen LogP contribution in [-0.2, 0) is 4.79 Å². The van der Waals surface area contributed by atoms with Gasteiger partial charge in [0, 0.05) is 30.6 Å². The molecule has 1 aromatic carbocycles. The van der Waals surface area contributed by atoms with Gasteiger partial charge < -0.3 is 15.0 Å². The molecule has 2 fully saturated rings. The lowest BCUT2D eigenvalue weighted by Gasteiger charge is -2.30. The number of pyridine rings is 1. The van der Waals surface area contributed by atoms with Crippen molar-refractivity contribution >= 4 is 32.7 Å². The van der Waals surface area contributed by atoms with Gasteiger partial charge in [0.15, 0.2) is 5.13 Å². The van der Waals surface area contributed by atoms with Crippen molar-refractivity contribution in [1.82, 2.24) is 15.3 Å². The lowest BCUT2D eigenvalue weighted by molar-refractivity contribution is -0.125. The Morgan fingerprint density at radius 1 is 1.07 bits per heavy atom. The Morgan fingerprint density at radius 2 is 1.83 bits per heavy atom. The third-order valence-corrected chi connectivity index (χ3v) is 6.72. The molecule has 0 atom stereocenters. The molecule has 1 aliphatic carbocycles. The number of benzene rings is 1. The second-order valence-corrected chi connectivity index (χ2v) is 8.75. The van der Waals surface area contributed by atoms with Crippen molar-refractivity contribution in [2.24, 2.45) is 5.92 Å². The normalized spacial score (nSPS) is 17.5. The van der Waals surface area contributed by atoms with Crippen molar-refractivity contribution in [1.29, 1.82) is 0 Å². The fourth-order valence-electron chi connectivity index (χ4n) is 3.74. The van der Waals surface area contributed by atoms with Crippen LogP contribution in [0.15, 0.2) is 36.4 Å². The van der Waals surface area contributed by atoms with Gasteiger partial charge in [0.1, 0.15) is 16.1 Å². The van der Waals surface area contributed by atoms with Gasteiger partial charge in [0.05, 0.1) is 12.8 Å². The van der Waals surface area contributed by atoms with Gasteiger partial charge in [-0.05, 0) is 62.1 Å². The van der Waals surface area contributed by atoms with Crippen molar-refractivity contribution in [3.8, 4) is 17.0 Å². The summed E-state index contributed by atoms with van der Waals surface area (Å²) in [5.74, 6) is 1.22. The van der Waals surface area contributed by atoms with Crippen LogP contribution in [0.1, 0.15) is 25.7 Å². The van der Waals surface area contributed by atoms with Crippen LogP contribution < -0.4 is 15.0 Å². The first kappa shape index (κ1) is 18.4. The Labute approximate surface area is 173 Å². The van der Waals surface area contributed by atoms with E-state index in [1.54, 1.807) is 18.4 Å². The summed E-state index contributed by atoms with van der Waals surface area (Å²) in [6.45, 7) is 1.74. The Bertz CT molecular complexity index is 1020. The van der Waals surface area contributed by atoms with Crippen LogP contribution >= 0.6 is 11.3 Å². The van der Waals surface area contributed by atoms with Crippen LogP contribution in [0.2, 0.25) is 0 Å². The van der Waals surface area contributed by atoms with Crippen LogP contribution in [-0.4, -0.2) is 42.1 Å². The van der Waals surface area contributed by atoms with Gasteiger partial charge in [-0.2, -0.15) is 0 Å². The SMILES string of the molecule is COc1ccc(-c2ccc3nc(N4CCC(C(=O)NC5CC5)CC4)sc3n2)cc1. The molecule has 2 aromatic heterocycles. The minimum absolute atomic E-state index is 0.140. The van der Waals surface area contributed by atoms with Gasteiger partial charge in [0.25, 0.3) is 0 Å². The minimum Gasteiger partial charge on any atom is -0.497 e. The Kier molecular flexibility index (Phi) is 4.83. The van der Waals surface area contributed by atoms with Gasteiger partial charge >= 0.3 is 0 Å². The molecule has 3 aromatic rings. The highest BCUT2D eigenvalue weighted by atomic mass is 32.1. The second-order valence-electron chi connectivity index (χ2n) is 7.79. The van der Waals surface area contributed by atoms with E-state index in [1.807, 2.05) is 36.4 Å².